The summed E-state index contributed by atoms with van der Waals surface area (Å²) in [6.45, 7) is 11.1. The minimum atomic E-state index is -0.120. The Hall–Kier alpha value is -2.50. The smallest absolute Gasteiger partial charge is 0.253 e. The average Bonchev–Trinajstić information content (AvgIpc) is 3.64. The first-order chi connectivity index (χ1) is 18.7. The normalized spacial score (nSPS) is 17.5. The molecule has 4 rings (SSSR count). The molecule has 0 spiro atoms. The third-order valence-corrected chi connectivity index (χ3v) is 8.27. The van der Waals surface area contributed by atoms with Crippen molar-refractivity contribution < 1.29 is 19.0 Å². The topological polar surface area (TPSA) is 88.2 Å². The zero-order chi connectivity index (χ0) is 28.0. The number of aromatic nitrogens is 1. The van der Waals surface area contributed by atoms with Gasteiger partial charge in [0, 0.05) is 51.8 Å². The first-order valence-electron chi connectivity index (χ1n) is 13.6. The highest BCUT2D eigenvalue weighted by Crippen LogP contribution is 2.39. The van der Waals surface area contributed by atoms with Gasteiger partial charge in [-0.25, -0.2) is 4.98 Å². The first kappa shape index (κ1) is 29.5. The van der Waals surface area contributed by atoms with Crippen LogP contribution < -0.4 is 15.5 Å². The summed E-state index contributed by atoms with van der Waals surface area (Å²) in [7, 11) is 5.39. The van der Waals surface area contributed by atoms with E-state index >= 15 is 0 Å². The second-order valence-corrected chi connectivity index (χ2v) is 11.8. The number of thiazole rings is 1. The van der Waals surface area contributed by atoms with Crippen LogP contribution in [0.15, 0.2) is 29.2 Å². The highest BCUT2D eigenvalue weighted by atomic mass is 32.1. The maximum atomic E-state index is 13.4. The predicted molar refractivity (Wildman–Crippen MR) is 158 cm³/mol. The molecule has 2 fully saturated rings. The van der Waals surface area contributed by atoms with Crippen LogP contribution >= 0.6 is 11.3 Å². The monoisotopic (exact) mass is 557 g/mol. The van der Waals surface area contributed by atoms with Gasteiger partial charge in [0.1, 0.15) is 0 Å². The van der Waals surface area contributed by atoms with Gasteiger partial charge in [-0.3, -0.25) is 9.69 Å². The highest BCUT2D eigenvalue weighted by Gasteiger charge is 2.31. The Bertz CT molecular complexity index is 1160. The van der Waals surface area contributed by atoms with Gasteiger partial charge < -0.3 is 29.7 Å². The molecular formula is C29H43N5O4S. The van der Waals surface area contributed by atoms with Gasteiger partial charge in [-0.2, -0.15) is 0 Å². The number of rotatable bonds is 13. The Morgan fingerprint density at radius 3 is 2.77 bits per heavy atom. The van der Waals surface area contributed by atoms with Crippen LogP contribution in [-0.2, 0) is 20.8 Å². The lowest BCUT2D eigenvalue weighted by atomic mass is 10.00. The molecule has 1 aliphatic carbocycles. The number of amides is 1. The van der Waals surface area contributed by atoms with Crippen molar-refractivity contribution in [3.05, 3.63) is 46.0 Å². The highest BCUT2D eigenvalue weighted by molar-refractivity contribution is 7.13. The number of hydrogen-bond acceptors (Lipinski definition) is 9. The van der Waals surface area contributed by atoms with Crippen LogP contribution in [0.3, 0.4) is 0 Å². The Morgan fingerprint density at radius 2 is 2.08 bits per heavy atom. The standard InChI is InChI=1S/C29H43N5O4S/c1-20(17-37-6)33(4)28-32-25(18-39-28)26(22-8-9-22)31-24-10-7-21(15-23(24)27(35)30-11-13-36-5)16-34-12-14-38-19-29(34,2)3/h7,10,15,18,20,31H,8-9,11-14,16-17,19H2,1-6H3,(H,30,35)/t20-/m0/s1. The summed E-state index contributed by atoms with van der Waals surface area (Å²) in [6.07, 6.45) is 2.06. The summed E-state index contributed by atoms with van der Waals surface area (Å²) in [5.41, 5.74) is 5.66. The van der Waals surface area contributed by atoms with Crippen molar-refractivity contribution in [2.24, 2.45) is 0 Å². The van der Waals surface area contributed by atoms with Crippen LogP contribution in [-0.4, -0.2) is 88.2 Å². The molecule has 0 radical (unpaired) electrons. The van der Waals surface area contributed by atoms with Crippen molar-refractivity contribution in [3.8, 4) is 0 Å². The number of likely N-dealkylation sites (N-methyl/N-ethyl adjacent to an activating group) is 1. The molecule has 214 valence electrons. The largest absolute Gasteiger partial charge is 0.383 e. The number of methoxy groups -OCH3 is 2. The van der Waals surface area contributed by atoms with Crippen LogP contribution in [0.25, 0.3) is 5.70 Å². The molecule has 1 aromatic carbocycles. The van der Waals surface area contributed by atoms with Crippen molar-refractivity contribution in [2.75, 3.05) is 71.0 Å². The minimum absolute atomic E-state index is 0.0597. The zero-order valence-electron chi connectivity index (χ0n) is 24.1. The molecule has 0 unspecified atom stereocenters. The molecular weight excluding hydrogens is 514 g/mol. The number of nitrogens with one attached hydrogen (secondary N) is 2. The third kappa shape index (κ3) is 7.58. The van der Waals surface area contributed by atoms with E-state index in [0.717, 1.165) is 60.3 Å². The van der Waals surface area contributed by atoms with E-state index in [1.54, 1.807) is 25.6 Å². The quantitative estimate of drug-likeness (QED) is 0.354. The molecule has 39 heavy (non-hydrogen) atoms. The lowest BCUT2D eigenvalue weighted by Crippen LogP contribution is -2.52. The Kier molecular flexibility index (Phi) is 10.0. The van der Waals surface area contributed by atoms with Crippen LogP contribution in [0, 0.1) is 0 Å². The second-order valence-electron chi connectivity index (χ2n) is 10.9. The maximum absolute atomic E-state index is 13.4. The number of ether oxygens (including phenoxy) is 3. The third-order valence-electron chi connectivity index (χ3n) is 7.34. The molecule has 2 N–H and O–H groups in total. The van der Waals surface area contributed by atoms with Gasteiger partial charge in [0.15, 0.2) is 5.13 Å². The molecule has 1 amide bonds. The summed E-state index contributed by atoms with van der Waals surface area (Å²) in [5, 5.41) is 9.64. The van der Waals surface area contributed by atoms with E-state index in [1.807, 2.05) is 19.2 Å². The zero-order valence-corrected chi connectivity index (χ0v) is 25.0. The van der Waals surface area contributed by atoms with Crippen molar-refractivity contribution in [3.63, 3.8) is 0 Å². The molecule has 1 saturated carbocycles. The number of carbonyl (C=O) groups is 1. The number of morpholine rings is 1. The van der Waals surface area contributed by atoms with E-state index in [4.69, 9.17) is 19.2 Å². The SMILES string of the molecule is COCCNC(=O)c1cc(CN2CCOCC2(C)C)ccc1NC(=C1CC1)c1csc(N(C)[C@@H](C)COC)n1. The van der Waals surface area contributed by atoms with E-state index in [0.29, 0.717) is 31.9 Å². The number of allylic oxidation sites excluding steroid dienone is 1. The van der Waals surface area contributed by atoms with Gasteiger partial charge in [0.2, 0.25) is 0 Å². The molecule has 1 aliphatic heterocycles. The Labute approximate surface area is 236 Å². The molecule has 2 heterocycles. The molecule has 0 bridgehead atoms. The molecule has 10 heteroatoms. The van der Waals surface area contributed by atoms with Crippen molar-refractivity contribution in [1.29, 1.82) is 0 Å². The molecule has 1 aromatic heterocycles. The fourth-order valence-corrected chi connectivity index (χ4v) is 5.50. The van der Waals surface area contributed by atoms with Gasteiger partial charge in [-0.05, 0) is 56.9 Å². The minimum Gasteiger partial charge on any atom is -0.383 e. The summed E-state index contributed by atoms with van der Waals surface area (Å²) < 4.78 is 16.2. The van der Waals surface area contributed by atoms with E-state index in [-0.39, 0.29) is 17.5 Å². The average molecular weight is 558 g/mol. The lowest BCUT2D eigenvalue weighted by Gasteiger charge is -2.42. The van der Waals surface area contributed by atoms with Crippen LogP contribution in [0.1, 0.15) is 55.2 Å². The molecule has 2 aromatic rings. The van der Waals surface area contributed by atoms with Gasteiger partial charge >= 0.3 is 0 Å². The number of benzene rings is 1. The predicted octanol–water partition coefficient (Wildman–Crippen LogP) is 4.22. The number of nitrogens with zero attached hydrogens (tertiary/aromatic N) is 3. The number of hydrogen-bond donors (Lipinski definition) is 2. The van der Waals surface area contributed by atoms with Crippen molar-refractivity contribution in [1.82, 2.24) is 15.2 Å². The summed E-state index contributed by atoms with van der Waals surface area (Å²) in [6, 6.07) is 6.36. The molecule has 2 aliphatic rings. The van der Waals surface area contributed by atoms with Crippen LogP contribution in [0.2, 0.25) is 0 Å². The van der Waals surface area contributed by atoms with E-state index < -0.39 is 0 Å². The van der Waals surface area contributed by atoms with Gasteiger partial charge in [0.05, 0.1) is 55.1 Å². The molecule has 1 atom stereocenters. The van der Waals surface area contributed by atoms with Gasteiger partial charge in [0.25, 0.3) is 5.91 Å². The fourth-order valence-electron chi connectivity index (χ4n) is 4.62. The van der Waals surface area contributed by atoms with Gasteiger partial charge in [-0.1, -0.05) is 6.07 Å². The first-order valence-corrected chi connectivity index (χ1v) is 14.5. The summed E-state index contributed by atoms with van der Waals surface area (Å²) in [4.78, 5) is 22.9. The van der Waals surface area contributed by atoms with Crippen LogP contribution in [0.4, 0.5) is 10.8 Å². The van der Waals surface area contributed by atoms with Crippen molar-refractivity contribution in [2.45, 2.75) is 51.7 Å². The number of anilines is 2. The van der Waals surface area contributed by atoms with Crippen molar-refractivity contribution >= 4 is 33.8 Å². The summed E-state index contributed by atoms with van der Waals surface area (Å²) in [5.74, 6) is -0.120. The van der Waals surface area contributed by atoms with Crippen LogP contribution in [0.5, 0.6) is 0 Å². The number of carbonyl (C=O) groups excluding carboxylic acids is 1. The Morgan fingerprint density at radius 1 is 1.28 bits per heavy atom. The molecule has 9 nitrogen and oxygen atoms in total. The van der Waals surface area contributed by atoms with E-state index in [1.165, 1.54) is 5.57 Å². The maximum Gasteiger partial charge on any atom is 0.253 e. The lowest BCUT2D eigenvalue weighted by molar-refractivity contribution is -0.0552. The molecule has 1 saturated heterocycles. The van der Waals surface area contributed by atoms with Gasteiger partial charge in [-0.15, -0.1) is 11.3 Å². The fraction of sp³-hybridized carbons (Fsp3) is 0.586. The summed E-state index contributed by atoms with van der Waals surface area (Å²) >= 11 is 1.62. The van der Waals surface area contributed by atoms with E-state index in [9.17, 15) is 4.79 Å². The Balaban J connectivity index is 1.59. The van der Waals surface area contributed by atoms with E-state index in [2.05, 4.69) is 52.7 Å². The second kappa shape index (κ2) is 13.2.